The zero-order valence-corrected chi connectivity index (χ0v) is 17.3. The number of unbranched alkanes of at least 4 members (excludes halogenated alkanes) is 9. The Kier molecular flexibility index (Phi) is 13.3. The molecule has 0 aromatic rings. The van der Waals surface area contributed by atoms with Crippen LogP contribution in [-0.2, 0) is 14.3 Å². The van der Waals surface area contributed by atoms with Crippen molar-refractivity contribution in [2.75, 3.05) is 19.7 Å². The molecule has 0 spiro atoms. The molecule has 1 heterocycles. The van der Waals surface area contributed by atoms with Gasteiger partial charge in [-0.2, -0.15) is 0 Å². The second-order valence-electron chi connectivity index (χ2n) is 7.75. The number of carbonyl (C=O) groups is 2. The third-order valence-corrected chi connectivity index (χ3v) is 5.42. The second kappa shape index (κ2) is 15.0. The highest BCUT2D eigenvalue weighted by atomic mass is 16.5. The van der Waals surface area contributed by atoms with Gasteiger partial charge in [-0.25, -0.2) is 0 Å². The van der Waals surface area contributed by atoms with Gasteiger partial charge in [0.05, 0.1) is 12.5 Å². The number of likely N-dealkylation sites (tertiary alicyclic amines) is 1. The number of rotatable bonds is 14. The van der Waals surface area contributed by atoms with Gasteiger partial charge < -0.3 is 9.64 Å². The Morgan fingerprint density at radius 1 is 0.808 bits per heavy atom. The highest BCUT2D eigenvalue weighted by molar-refractivity contribution is 5.77. The first-order chi connectivity index (χ1) is 12.7. The van der Waals surface area contributed by atoms with Crippen molar-refractivity contribution < 1.29 is 14.3 Å². The molecule has 0 atom stereocenters. The van der Waals surface area contributed by atoms with Crippen LogP contribution in [0.2, 0.25) is 0 Å². The highest BCUT2D eigenvalue weighted by Gasteiger charge is 2.27. The van der Waals surface area contributed by atoms with Crippen molar-refractivity contribution in [3.8, 4) is 0 Å². The van der Waals surface area contributed by atoms with Crippen LogP contribution in [0.1, 0.15) is 104 Å². The molecule has 1 saturated heterocycles. The maximum absolute atomic E-state index is 12.2. The fourth-order valence-corrected chi connectivity index (χ4v) is 3.58. The normalized spacial score (nSPS) is 15.2. The summed E-state index contributed by atoms with van der Waals surface area (Å²) in [5, 5.41) is 0. The van der Waals surface area contributed by atoms with Crippen LogP contribution in [0.4, 0.5) is 0 Å². The van der Waals surface area contributed by atoms with Crippen LogP contribution in [0.3, 0.4) is 0 Å². The fourth-order valence-electron chi connectivity index (χ4n) is 3.58. The van der Waals surface area contributed by atoms with Crippen LogP contribution in [0.25, 0.3) is 0 Å². The van der Waals surface area contributed by atoms with Gasteiger partial charge in [-0.3, -0.25) is 9.59 Å². The van der Waals surface area contributed by atoms with E-state index in [1.807, 2.05) is 4.90 Å². The largest absolute Gasteiger partial charge is 0.465 e. The van der Waals surface area contributed by atoms with Crippen molar-refractivity contribution in [1.82, 2.24) is 4.90 Å². The summed E-state index contributed by atoms with van der Waals surface area (Å²) in [6.07, 6.45) is 15.3. The SMILES string of the molecule is CCCCCCCCOC(=O)C1CCN(C(=O)CCCCCCC)CC1. The smallest absolute Gasteiger partial charge is 0.309 e. The molecule has 0 bridgehead atoms. The summed E-state index contributed by atoms with van der Waals surface area (Å²) in [6, 6.07) is 0. The third kappa shape index (κ3) is 10.2. The zero-order valence-electron chi connectivity index (χ0n) is 17.3. The minimum absolute atomic E-state index is 0.0105. The van der Waals surface area contributed by atoms with Gasteiger partial charge in [-0.05, 0) is 25.7 Å². The highest BCUT2D eigenvalue weighted by Crippen LogP contribution is 2.20. The van der Waals surface area contributed by atoms with Crippen LogP contribution in [0, 0.1) is 5.92 Å². The molecule has 1 amide bonds. The molecule has 0 aromatic heterocycles. The lowest BCUT2D eigenvalue weighted by atomic mass is 9.96. The summed E-state index contributed by atoms with van der Waals surface area (Å²) < 4.78 is 5.44. The van der Waals surface area contributed by atoms with E-state index in [9.17, 15) is 9.59 Å². The maximum Gasteiger partial charge on any atom is 0.309 e. The third-order valence-electron chi connectivity index (χ3n) is 5.42. The summed E-state index contributed by atoms with van der Waals surface area (Å²) in [4.78, 5) is 26.3. The molecule has 152 valence electrons. The molecule has 1 rings (SSSR count). The number of ether oxygens (including phenoxy) is 1. The van der Waals surface area contributed by atoms with Crippen molar-refractivity contribution in [2.24, 2.45) is 5.92 Å². The Hall–Kier alpha value is -1.06. The number of piperidine rings is 1. The van der Waals surface area contributed by atoms with E-state index in [0.29, 0.717) is 26.1 Å². The minimum Gasteiger partial charge on any atom is -0.465 e. The Morgan fingerprint density at radius 2 is 1.35 bits per heavy atom. The van der Waals surface area contributed by atoms with E-state index in [0.717, 1.165) is 38.5 Å². The number of hydrogen-bond acceptors (Lipinski definition) is 3. The van der Waals surface area contributed by atoms with Crippen molar-refractivity contribution in [3.63, 3.8) is 0 Å². The van der Waals surface area contributed by atoms with Crippen molar-refractivity contribution in [3.05, 3.63) is 0 Å². The standard InChI is InChI=1S/C22H41NO3/c1-3-5-7-9-11-13-19-26-22(25)20-15-17-23(18-16-20)21(24)14-12-10-8-6-4-2/h20H,3-19H2,1-2H3. The lowest BCUT2D eigenvalue weighted by Gasteiger charge is -2.31. The van der Waals surface area contributed by atoms with Gasteiger partial charge in [0.1, 0.15) is 0 Å². The van der Waals surface area contributed by atoms with E-state index >= 15 is 0 Å². The van der Waals surface area contributed by atoms with Crippen LogP contribution in [0.5, 0.6) is 0 Å². The predicted octanol–water partition coefficient (Wildman–Crippen LogP) is 5.49. The van der Waals surface area contributed by atoms with Gasteiger partial charge >= 0.3 is 5.97 Å². The molecule has 0 radical (unpaired) electrons. The van der Waals surface area contributed by atoms with E-state index < -0.39 is 0 Å². The first-order valence-electron chi connectivity index (χ1n) is 11.1. The van der Waals surface area contributed by atoms with E-state index in [-0.39, 0.29) is 17.8 Å². The summed E-state index contributed by atoms with van der Waals surface area (Å²) in [5.41, 5.74) is 0. The quantitative estimate of drug-likeness (QED) is 0.301. The molecule has 26 heavy (non-hydrogen) atoms. The van der Waals surface area contributed by atoms with Gasteiger partial charge in [-0.15, -0.1) is 0 Å². The summed E-state index contributed by atoms with van der Waals surface area (Å²) in [6.45, 7) is 6.40. The van der Waals surface area contributed by atoms with Crippen molar-refractivity contribution in [2.45, 2.75) is 104 Å². The van der Waals surface area contributed by atoms with E-state index in [1.165, 1.54) is 44.9 Å². The van der Waals surface area contributed by atoms with Crippen LogP contribution < -0.4 is 0 Å². The number of amides is 1. The fraction of sp³-hybridized carbons (Fsp3) is 0.909. The molecule has 0 unspecified atom stereocenters. The monoisotopic (exact) mass is 367 g/mol. The molecule has 4 nitrogen and oxygen atoms in total. The molecular formula is C22H41NO3. The van der Waals surface area contributed by atoms with Crippen LogP contribution in [-0.4, -0.2) is 36.5 Å². The van der Waals surface area contributed by atoms with Crippen LogP contribution >= 0.6 is 0 Å². The lowest BCUT2D eigenvalue weighted by Crippen LogP contribution is -2.40. The molecule has 0 saturated carbocycles. The van der Waals surface area contributed by atoms with Gasteiger partial charge in [0.25, 0.3) is 0 Å². The molecule has 1 aliphatic rings. The number of nitrogens with zero attached hydrogens (tertiary/aromatic N) is 1. The van der Waals surface area contributed by atoms with E-state index in [2.05, 4.69) is 13.8 Å². The van der Waals surface area contributed by atoms with Crippen molar-refractivity contribution in [1.29, 1.82) is 0 Å². The van der Waals surface area contributed by atoms with E-state index in [1.54, 1.807) is 0 Å². The van der Waals surface area contributed by atoms with Gasteiger partial charge in [0.15, 0.2) is 0 Å². The summed E-state index contributed by atoms with van der Waals surface area (Å²) in [5.74, 6) is 0.203. The van der Waals surface area contributed by atoms with Gasteiger partial charge in [-0.1, -0.05) is 71.6 Å². The Balaban J connectivity index is 2.07. The molecule has 1 aliphatic heterocycles. The zero-order chi connectivity index (χ0) is 19.0. The lowest BCUT2D eigenvalue weighted by molar-refractivity contribution is -0.151. The average molecular weight is 368 g/mol. The molecule has 4 heteroatoms. The average Bonchev–Trinajstić information content (AvgIpc) is 2.67. The summed E-state index contributed by atoms with van der Waals surface area (Å²) in [7, 11) is 0. The first-order valence-corrected chi connectivity index (χ1v) is 11.1. The predicted molar refractivity (Wildman–Crippen MR) is 107 cm³/mol. The first kappa shape index (κ1) is 23.0. The topological polar surface area (TPSA) is 46.6 Å². The van der Waals surface area contributed by atoms with E-state index in [4.69, 9.17) is 4.74 Å². The number of hydrogen-bond donors (Lipinski definition) is 0. The summed E-state index contributed by atoms with van der Waals surface area (Å²) >= 11 is 0. The van der Waals surface area contributed by atoms with Crippen molar-refractivity contribution >= 4 is 11.9 Å². The van der Waals surface area contributed by atoms with Gasteiger partial charge in [0, 0.05) is 19.5 Å². The Bertz CT molecular complexity index is 376. The maximum atomic E-state index is 12.2. The van der Waals surface area contributed by atoms with Crippen LogP contribution in [0.15, 0.2) is 0 Å². The van der Waals surface area contributed by atoms with Gasteiger partial charge in [0.2, 0.25) is 5.91 Å². The molecule has 0 aromatic carbocycles. The molecule has 0 N–H and O–H groups in total. The number of carbonyl (C=O) groups excluding carboxylic acids is 2. The number of esters is 1. The second-order valence-corrected chi connectivity index (χ2v) is 7.75. The molecule has 0 aliphatic carbocycles. The Morgan fingerprint density at radius 3 is 1.96 bits per heavy atom. The molecular weight excluding hydrogens is 326 g/mol. The Labute approximate surface area is 161 Å². The molecule has 1 fully saturated rings. The minimum atomic E-state index is -0.0507.